The van der Waals surface area contributed by atoms with Gasteiger partial charge in [-0.15, -0.1) is 0 Å². The second-order valence-electron chi connectivity index (χ2n) is 4.73. The van der Waals surface area contributed by atoms with Crippen molar-refractivity contribution < 1.29 is 4.74 Å². The van der Waals surface area contributed by atoms with Crippen LogP contribution in [0, 0.1) is 0 Å². The number of pyridine rings is 1. The van der Waals surface area contributed by atoms with E-state index in [9.17, 15) is 0 Å². The summed E-state index contributed by atoms with van der Waals surface area (Å²) in [5, 5.41) is 3.54. The highest BCUT2D eigenvalue weighted by atomic mass is 16.5. The number of nitrogens with zero attached hydrogens (tertiary/aromatic N) is 1. The van der Waals surface area contributed by atoms with Crippen molar-refractivity contribution in [1.82, 2.24) is 10.3 Å². The number of aromatic nitrogens is 1. The molecule has 0 saturated carbocycles. The first-order chi connectivity index (χ1) is 8.36. The van der Waals surface area contributed by atoms with Gasteiger partial charge in [-0.1, -0.05) is 0 Å². The standard InChI is InChI=1S/C14H22N2O/c1-12(13-6-9-15-10-7-13)16-8-2-4-14-5-3-11-17-14/h6-7,9-10,12,14,16H,2-5,8,11H2,1H3. The third-order valence-corrected chi connectivity index (χ3v) is 3.38. The zero-order valence-electron chi connectivity index (χ0n) is 10.6. The Balaban J connectivity index is 1.61. The van der Waals surface area contributed by atoms with Crippen LogP contribution >= 0.6 is 0 Å². The molecule has 94 valence electrons. The Labute approximate surface area is 104 Å². The summed E-state index contributed by atoms with van der Waals surface area (Å²) >= 11 is 0. The van der Waals surface area contributed by atoms with Crippen molar-refractivity contribution in [1.29, 1.82) is 0 Å². The number of nitrogens with one attached hydrogen (secondary N) is 1. The first-order valence-electron chi connectivity index (χ1n) is 6.61. The predicted octanol–water partition coefficient (Wildman–Crippen LogP) is 2.69. The van der Waals surface area contributed by atoms with Gasteiger partial charge >= 0.3 is 0 Å². The zero-order chi connectivity index (χ0) is 11.9. The largest absolute Gasteiger partial charge is 0.378 e. The molecule has 17 heavy (non-hydrogen) atoms. The zero-order valence-corrected chi connectivity index (χ0v) is 10.6. The van der Waals surface area contributed by atoms with Crippen LogP contribution in [0.4, 0.5) is 0 Å². The van der Waals surface area contributed by atoms with Gasteiger partial charge in [-0.3, -0.25) is 4.98 Å². The minimum atomic E-state index is 0.405. The molecule has 1 saturated heterocycles. The smallest absolute Gasteiger partial charge is 0.0576 e. The van der Waals surface area contributed by atoms with Gasteiger partial charge in [0.05, 0.1) is 6.10 Å². The lowest BCUT2D eigenvalue weighted by atomic mass is 10.1. The van der Waals surface area contributed by atoms with Gasteiger partial charge in [-0.05, 0) is 56.8 Å². The molecular weight excluding hydrogens is 212 g/mol. The molecule has 2 unspecified atom stereocenters. The van der Waals surface area contributed by atoms with E-state index in [0.29, 0.717) is 12.1 Å². The van der Waals surface area contributed by atoms with Gasteiger partial charge in [-0.25, -0.2) is 0 Å². The molecule has 0 aliphatic carbocycles. The third kappa shape index (κ3) is 4.10. The first-order valence-corrected chi connectivity index (χ1v) is 6.61. The normalized spacial score (nSPS) is 21.6. The molecule has 2 atom stereocenters. The molecule has 0 spiro atoms. The van der Waals surface area contributed by atoms with Crippen LogP contribution in [-0.2, 0) is 4.74 Å². The summed E-state index contributed by atoms with van der Waals surface area (Å²) in [4.78, 5) is 4.03. The van der Waals surface area contributed by atoms with E-state index in [0.717, 1.165) is 13.2 Å². The molecule has 3 nitrogen and oxygen atoms in total. The number of hydrogen-bond acceptors (Lipinski definition) is 3. The molecule has 0 aromatic carbocycles. The van der Waals surface area contributed by atoms with Crippen molar-refractivity contribution in [3.05, 3.63) is 30.1 Å². The molecule has 2 heterocycles. The first kappa shape index (κ1) is 12.5. The van der Waals surface area contributed by atoms with E-state index in [1.54, 1.807) is 0 Å². The summed E-state index contributed by atoms with van der Waals surface area (Å²) in [6.07, 6.45) is 9.09. The van der Waals surface area contributed by atoms with E-state index in [4.69, 9.17) is 4.74 Å². The van der Waals surface area contributed by atoms with Crippen molar-refractivity contribution >= 4 is 0 Å². The lowest BCUT2D eigenvalue weighted by Crippen LogP contribution is -2.21. The average molecular weight is 234 g/mol. The lowest BCUT2D eigenvalue weighted by Gasteiger charge is -2.15. The molecular formula is C14H22N2O. The van der Waals surface area contributed by atoms with Gasteiger partial charge in [0.1, 0.15) is 0 Å². The van der Waals surface area contributed by atoms with Crippen LogP contribution in [-0.4, -0.2) is 24.2 Å². The molecule has 0 radical (unpaired) electrons. The van der Waals surface area contributed by atoms with Gasteiger partial charge in [0, 0.05) is 25.0 Å². The molecule has 1 fully saturated rings. The Kier molecular flexibility index (Phi) is 4.95. The SMILES string of the molecule is CC(NCCCC1CCCO1)c1ccncc1. The summed E-state index contributed by atoms with van der Waals surface area (Å²) in [5.41, 5.74) is 1.30. The van der Waals surface area contributed by atoms with Crippen LogP contribution in [0.5, 0.6) is 0 Å². The van der Waals surface area contributed by atoms with E-state index in [2.05, 4.69) is 29.4 Å². The quantitative estimate of drug-likeness (QED) is 0.768. The topological polar surface area (TPSA) is 34.1 Å². The van der Waals surface area contributed by atoms with Crippen LogP contribution in [0.3, 0.4) is 0 Å². The highest BCUT2D eigenvalue weighted by Gasteiger charge is 2.14. The van der Waals surface area contributed by atoms with Gasteiger partial charge in [0.2, 0.25) is 0 Å². The third-order valence-electron chi connectivity index (χ3n) is 3.38. The summed E-state index contributed by atoms with van der Waals surface area (Å²) in [6.45, 7) is 4.22. The fourth-order valence-electron chi connectivity index (χ4n) is 2.29. The number of ether oxygens (including phenoxy) is 1. The minimum absolute atomic E-state index is 0.405. The molecule has 3 heteroatoms. The molecule has 1 aliphatic heterocycles. The fraction of sp³-hybridized carbons (Fsp3) is 0.643. The van der Waals surface area contributed by atoms with Crippen LogP contribution in [0.1, 0.15) is 44.2 Å². The van der Waals surface area contributed by atoms with Crippen molar-refractivity contribution in [3.63, 3.8) is 0 Å². The Morgan fingerprint density at radius 1 is 1.47 bits per heavy atom. The molecule has 1 aliphatic rings. The molecule has 0 bridgehead atoms. The maximum atomic E-state index is 5.61. The highest BCUT2D eigenvalue weighted by molar-refractivity contribution is 5.13. The van der Waals surface area contributed by atoms with E-state index in [1.165, 1.54) is 31.2 Å². The van der Waals surface area contributed by atoms with Crippen LogP contribution < -0.4 is 5.32 Å². The highest BCUT2D eigenvalue weighted by Crippen LogP contribution is 2.17. The molecule has 1 aromatic rings. The second-order valence-corrected chi connectivity index (χ2v) is 4.73. The molecule has 1 N–H and O–H groups in total. The van der Waals surface area contributed by atoms with Gasteiger partial charge in [0.25, 0.3) is 0 Å². The molecule has 2 rings (SSSR count). The second kappa shape index (κ2) is 6.72. The van der Waals surface area contributed by atoms with Crippen molar-refractivity contribution in [2.75, 3.05) is 13.2 Å². The fourth-order valence-corrected chi connectivity index (χ4v) is 2.29. The van der Waals surface area contributed by atoms with Crippen molar-refractivity contribution in [2.45, 2.75) is 44.8 Å². The Bertz CT molecular complexity index is 309. The average Bonchev–Trinajstić information content (AvgIpc) is 2.88. The van der Waals surface area contributed by atoms with Crippen LogP contribution in [0.25, 0.3) is 0 Å². The van der Waals surface area contributed by atoms with Crippen molar-refractivity contribution in [2.24, 2.45) is 0 Å². The maximum absolute atomic E-state index is 5.61. The van der Waals surface area contributed by atoms with Gasteiger partial charge in [-0.2, -0.15) is 0 Å². The number of rotatable bonds is 6. The monoisotopic (exact) mass is 234 g/mol. The predicted molar refractivity (Wildman–Crippen MR) is 68.9 cm³/mol. The minimum Gasteiger partial charge on any atom is -0.378 e. The number of hydrogen-bond donors (Lipinski definition) is 1. The maximum Gasteiger partial charge on any atom is 0.0576 e. The van der Waals surface area contributed by atoms with E-state index < -0.39 is 0 Å². The van der Waals surface area contributed by atoms with Crippen LogP contribution in [0.2, 0.25) is 0 Å². The Morgan fingerprint density at radius 3 is 3.00 bits per heavy atom. The van der Waals surface area contributed by atoms with Crippen molar-refractivity contribution in [3.8, 4) is 0 Å². The lowest BCUT2D eigenvalue weighted by molar-refractivity contribution is 0.102. The van der Waals surface area contributed by atoms with Gasteiger partial charge < -0.3 is 10.1 Å². The van der Waals surface area contributed by atoms with E-state index in [1.807, 2.05) is 12.4 Å². The Morgan fingerprint density at radius 2 is 2.29 bits per heavy atom. The Hall–Kier alpha value is -0.930. The van der Waals surface area contributed by atoms with E-state index >= 15 is 0 Å². The van der Waals surface area contributed by atoms with Crippen LogP contribution in [0.15, 0.2) is 24.5 Å². The summed E-state index contributed by atoms with van der Waals surface area (Å²) in [5.74, 6) is 0. The molecule has 1 aromatic heterocycles. The molecule has 0 amide bonds. The summed E-state index contributed by atoms with van der Waals surface area (Å²) in [7, 11) is 0. The van der Waals surface area contributed by atoms with E-state index in [-0.39, 0.29) is 0 Å². The summed E-state index contributed by atoms with van der Waals surface area (Å²) < 4.78 is 5.61. The van der Waals surface area contributed by atoms with Gasteiger partial charge in [0.15, 0.2) is 0 Å². The summed E-state index contributed by atoms with van der Waals surface area (Å²) in [6, 6.07) is 4.54.